The van der Waals surface area contributed by atoms with Crippen molar-refractivity contribution in [2.75, 3.05) is 0 Å². The molecule has 0 radical (unpaired) electrons. The van der Waals surface area contributed by atoms with E-state index in [2.05, 4.69) is 0 Å². The van der Waals surface area contributed by atoms with Gasteiger partial charge in [-0.3, -0.25) is 4.79 Å². The molecule has 0 fully saturated rings. The predicted molar refractivity (Wildman–Crippen MR) is 39.0 cm³/mol. The van der Waals surface area contributed by atoms with Gasteiger partial charge in [-0.1, -0.05) is 0 Å². The number of rotatable bonds is 4. The number of ketones is 1. The van der Waals surface area contributed by atoms with Gasteiger partial charge in [0.05, 0.1) is 12.2 Å². The van der Waals surface area contributed by atoms with Gasteiger partial charge in [-0.2, -0.15) is 0 Å². The van der Waals surface area contributed by atoms with Crippen LogP contribution >= 0.6 is 0 Å². The second-order valence-corrected chi connectivity index (χ2v) is 2.67. The summed E-state index contributed by atoms with van der Waals surface area (Å²) in [7, 11) is 0. The lowest BCUT2D eigenvalue weighted by molar-refractivity contribution is -0.127. The molecule has 3 N–H and O–H groups in total. The lowest BCUT2D eigenvalue weighted by Gasteiger charge is -2.15. The summed E-state index contributed by atoms with van der Waals surface area (Å²) in [6.45, 7) is 2.64. The Kier molecular flexibility index (Phi) is 4.25. The number of carbonyl (C=O) groups excluding carboxylic acids is 1. The molecule has 0 unspecified atom stereocenters. The zero-order chi connectivity index (χ0) is 9.02. The summed E-state index contributed by atoms with van der Waals surface area (Å²) in [6, 6.07) is 0. The molecule has 3 atom stereocenters. The number of carbonyl (C=O) groups is 1. The van der Waals surface area contributed by atoms with Crippen molar-refractivity contribution >= 4 is 5.78 Å². The molecule has 0 saturated carbocycles. The molecule has 4 nitrogen and oxygen atoms in total. The zero-order valence-corrected chi connectivity index (χ0v) is 6.69. The third-order valence-corrected chi connectivity index (χ3v) is 1.49. The van der Waals surface area contributed by atoms with E-state index in [1.807, 2.05) is 0 Å². The maximum Gasteiger partial charge on any atom is 0.158 e. The summed E-state index contributed by atoms with van der Waals surface area (Å²) in [5.41, 5.74) is 0. The fourth-order valence-corrected chi connectivity index (χ4v) is 0.592. The first-order valence-electron chi connectivity index (χ1n) is 3.49. The Morgan fingerprint density at radius 2 is 1.82 bits per heavy atom. The van der Waals surface area contributed by atoms with Crippen LogP contribution in [0, 0.1) is 0 Å². The number of hydrogen-bond acceptors (Lipinski definition) is 4. The first kappa shape index (κ1) is 10.6. The molecule has 0 aliphatic heterocycles. The normalized spacial score (nSPS) is 19.0. The number of aliphatic hydroxyl groups excluding tert-OH is 3. The highest BCUT2D eigenvalue weighted by molar-refractivity contribution is 5.80. The van der Waals surface area contributed by atoms with Crippen molar-refractivity contribution < 1.29 is 20.1 Å². The highest BCUT2D eigenvalue weighted by Gasteiger charge is 2.18. The van der Waals surface area contributed by atoms with Crippen LogP contribution in [0.15, 0.2) is 0 Å². The lowest BCUT2D eigenvalue weighted by atomic mass is 10.1. The Labute approximate surface area is 65.5 Å². The third-order valence-electron chi connectivity index (χ3n) is 1.49. The molecule has 0 bridgehead atoms. The van der Waals surface area contributed by atoms with Crippen molar-refractivity contribution in [2.24, 2.45) is 0 Å². The molecule has 0 spiro atoms. The van der Waals surface area contributed by atoms with Gasteiger partial charge in [-0.15, -0.1) is 0 Å². The molecule has 0 saturated heterocycles. The second-order valence-electron chi connectivity index (χ2n) is 2.67. The van der Waals surface area contributed by atoms with Crippen molar-refractivity contribution in [3.63, 3.8) is 0 Å². The first-order chi connectivity index (χ1) is 4.95. The van der Waals surface area contributed by atoms with E-state index in [1.54, 1.807) is 0 Å². The largest absolute Gasteiger partial charge is 0.391 e. The molecule has 0 aliphatic carbocycles. The van der Waals surface area contributed by atoms with E-state index in [1.165, 1.54) is 13.8 Å². The maximum absolute atomic E-state index is 10.5. The van der Waals surface area contributed by atoms with E-state index < -0.39 is 24.1 Å². The Morgan fingerprint density at radius 3 is 2.09 bits per heavy atom. The first-order valence-corrected chi connectivity index (χ1v) is 3.49. The summed E-state index contributed by atoms with van der Waals surface area (Å²) in [5.74, 6) is -0.398. The molecular formula is C7H14O4. The van der Waals surface area contributed by atoms with Crippen LogP contribution in [0.4, 0.5) is 0 Å². The zero-order valence-electron chi connectivity index (χ0n) is 6.69. The molecule has 0 aromatic rings. The maximum atomic E-state index is 10.5. The smallest absolute Gasteiger partial charge is 0.158 e. The van der Waals surface area contributed by atoms with Crippen LogP contribution in [-0.2, 0) is 4.79 Å². The van der Waals surface area contributed by atoms with Crippen LogP contribution in [0.1, 0.15) is 20.3 Å². The molecule has 4 heteroatoms. The third kappa shape index (κ3) is 4.08. The molecule has 0 aliphatic rings. The standard InChI is InChI=1S/C7H14O4/c1-4(8)6(10)3-7(11)5(2)9/h4,6-8,10-11H,3H2,1-2H3/t4-,6+,7+/m1/s1. The Bertz CT molecular complexity index is 132. The van der Waals surface area contributed by atoms with Gasteiger partial charge in [-0.25, -0.2) is 0 Å². The van der Waals surface area contributed by atoms with Crippen molar-refractivity contribution in [2.45, 2.75) is 38.6 Å². The monoisotopic (exact) mass is 162 g/mol. The molecule has 0 aromatic carbocycles. The van der Waals surface area contributed by atoms with Gasteiger partial charge in [0.15, 0.2) is 5.78 Å². The fraction of sp³-hybridized carbons (Fsp3) is 0.857. The van der Waals surface area contributed by atoms with E-state index in [0.717, 1.165) is 0 Å². The van der Waals surface area contributed by atoms with Gasteiger partial charge < -0.3 is 15.3 Å². The summed E-state index contributed by atoms with van der Waals surface area (Å²) in [5, 5.41) is 26.7. The van der Waals surface area contributed by atoms with Crippen molar-refractivity contribution in [3.8, 4) is 0 Å². The van der Waals surface area contributed by atoms with Crippen molar-refractivity contribution in [1.29, 1.82) is 0 Å². The van der Waals surface area contributed by atoms with Crippen LogP contribution < -0.4 is 0 Å². The topological polar surface area (TPSA) is 77.8 Å². The minimum Gasteiger partial charge on any atom is -0.391 e. The summed E-state index contributed by atoms with van der Waals surface area (Å²) < 4.78 is 0. The molecule has 66 valence electrons. The number of Topliss-reactive ketones (excluding diaryl/α,β-unsaturated/α-hetero) is 1. The second kappa shape index (κ2) is 4.43. The van der Waals surface area contributed by atoms with E-state index >= 15 is 0 Å². The quantitative estimate of drug-likeness (QED) is 0.499. The van der Waals surface area contributed by atoms with E-state index in [-0.39, 0.29) is 6.42 Å². The number of hydrogen-bond donors (Lipinski definition) is 3. The molecule has 11 heavy (non-hydrogen) atoms. The Hall–Kier alpha value is -0.450. The lowest BCUT2D eigenvalue weighted by Crippen LogP contribution is -2.30. The minimum absolute atomic E-state index is 0.104. The molecule has 0 heterocycles. The number of aliphatic hydroxyl groups is 3. The molecule has 0 amide bonds. The van der Waals surface area contributed by atoms with Gasteiger partial charge in [0.25, 0.3) is 0 Å². The van der Waals surface area contributed by atoms with Crippen LogP contribution in [0.5, 0.6) is 0 Å². The average Bonchev–Trinajstić information content (AvgIpc) is 1.87. The van der Waals surface area contributed by atoms with Crippen molar-refractivity contribution in [3.05, 3.63) is 0 Å². The van der Waals surface area contributed by atoms with E-state index in [9.17, 15) is 4.79 Å². The summed E-state index contributed by atoms with van der Waals surface area (Å²) in [4.78, 5) is 10.5. The van der Waals surface area contributed by atoms with Crippen LogP contribution in [0.2, 0.25) is 0 Å². The highest BCUT2D eigenvalue weighted by Crippen LogP contribution is 2.03. The van der Waals surface area contributed by atoms with Gasteiger partial charge in [0.1, 0.15) is 6.10 Å². The molecule has 0 rings (SSSR count). The summed E-state index contributed by atoms with van der Waals surface area (Å²) >= 11 is 0. The van der Waals surface area contributed by atoms with Crippen LogP contribution in [-0.4, -0.2) is 39.4 Å². The van der Waals surface area contributed by atoms with Gasteiger partial charge in [0, 0.05) is 6.42 Å². The Balaban J connectivity index is 3.75. The van der Waals surface area contributed by atoms with E-state index in [0.29, 0.717) is 0 Å². The highest BCUT2D eigenvalue weighted by atomic mass is 16.3. The van der Waals surface area contributed by atoms with Gasteiger partial charge >= 0.3 is 0 Å². The minimum atomic E-state index is -1.17. The fourth-order valence-electron chi connectivity index (χ4n) is 0.592. The van der Waals surface area contributed by atoms with Gasteiger partial charge in [-0.05, 0) is 13.8 Å². The molecular weight excluding hydrogens is 148 g/mol. The SMILES string of the molecule is CC(=O)[C@@H](O)C[C@H](O)[C@@H](C)O. The van der Waals surface area contributed by atoms with Crippen LogP contribution in [0.3, 0.4) is 0 Å². The van der Waals surface area contributed by atoms with E-state index in [4.69, 9.17) is 15.3 Å². The average molecular weight is 162 g/mol. The van der Waals surface area contributed by atoms with Crippen molar-refractivity contribution in [1.82, 2.24) is 0 Å². The Morgan fingerprint density at radius 1 is 1.36 bits per heavy atom. The molecule has 0 aromatic heterocycles. The summed E-state index contributed by atoms with van der Waals surface area (Å²) in [6.07, 6.45) is -3.22. The van der Waals surface area contributed by atoms with Crippen LogP contribution in [0.25, 0.3) is 0 Å². The van der Waals surface area contributed by atoms with Gasteiger partial charge in [0.2, 0.25) is 0 Å². The predicted octanol–water partition coefficient (Wildman–Crippen LogP) is -0.932.